The average Bonchev–Trinajstić information content (AvgIpc) is 2.26. The van der Waals surface area contributed by atoms with E-state index < -0.39 is 0 Å². The quantitative estimate of drug-likeness (QED) is 0.594. The molecule has 78 valence electrons. The molecule has 0 amide bonds. The molecule has 0 N–H and O–H groups in total. The zero-order valence-corrected chi connectivity index (χ0v) is 8.35. The van der Waals surface area contributed by atoms with Crippen LogP contribution in [0.4, 0.5) is 17.1 Å². The predicted molar refractivity (Wildman–Crippen MR) is 54.8 cm³/mol. The van der Waals surface area contributed by atoms with Crippen molar-refractivity contribution < 1.29 is 14.4 Å². The van der Waals surface area contributed by atoms with Gasteiger partial charge in [-0.1, -0.05) is 11.6 Å². The maximum atomic E-state index is 10.1. The standard InChI is InChI=1S/C9H2ClN3O3/c10-9-7(12-4-15)1-6(11-3-14)2-8(9)13-5-16/h1-2H. The van der Waals surface area contributed by atoms with Crippen molar-refractivity contribution in [3.63, 3.8) is 0 Å². The van der Waals surface area contributed by atoms with Crippen LogP contribution in [0.5, 0.6) is 0 Å². The molecule has 1 aromatic carbocycles. The van der Waals surface area contributed by atoms with Crippen LogP contribution in [0.3, 0.4) is 0 Å². The molecule has 6 nitrogen and oxygen atoms in total. The van der Waals surface area contributed by atoms with E-state index in [1.54, 1.807) is 0 Å². The minimum absolute atomic E-state index is 0.00201. The Morgan fingerprint density at radius 3 is 1.69 bits per heavy atom. The summed E-state index contributed by atoms with van der Waals surface area (Å²) in [6.45, 7) is 0. The summed E-state index contributed by atoms with van der Waals surface area (Å²) in [4.78, 5) is 40.1. The summed E-state index contributed by atoms with van der Waals surface area (Å²) in [5.74, 6) is 0. The van der Waals surface area contributed by atoms with Crippen molar-refractivity contribution >= 4 is 46.9 Å². The van der Waals surface area contributed by atoms with Crippen LogP contribution in [0.2, 0.25) is 5.02 Å². The lowest BCUT2D eigenvalue weighted by molar-refractivity contribution is 0.565. The third kappa shape index (κ3) is 2.58. The highest BCUT2D eigenvalue weighted by atomic mass is 35.5. The highest BCUT2D eigenvalue weighted by Gasteiger charge is 2.08. The first kappa shape index (κ1) is 11.7. The normalized spacial score (nSPS) is 8.31. The summed E-state index contributed by atoms with van der Waals surface area (Å²) in [6.07, 6.45) is 3.84. The molecule has 1 aromatic rings. The van der Waals surface area contributed by atoms with Crippen molar-refractivity contribution in [3.05, 3.63) is 17.2 Å². The summed E-state index contributed by atoms with van der Waals surface area (Å²) in [7, 11) is 0. The second kappa shape index (κ2) is 5.51. The number of halogens is 1. The van der Waals surface area contributed by atoms with E-state index in [-0.39, 0.29) is 22.1 Å². The van der Waals surface area contributed by atoms with E-state index in [4.69, 9.17) is 11.6 Å². The molecule has 0 aromatic heterocycles. The molecule has 16 heavy (non-hydrogen) atoms. The monoisotopic (exact) mass is 235 g/mol. The number of hydrogen-bond donors (Lipinski definition) is 0. The Morgan fingerprint density at radius 2 is 1.31 bits per heavy atom. The van der Waals surface area contributed by atoms with Gasteiger partial charge in [0.25, 0.3) is 0 Å². The fourth-order valence-electron chi connectivity index (χ4n) is 0.958. The van der Waals surface area contributed by atoms with Gasteiger partial charge < -0.3 is 0 Å². The van der Waals surface area contributed by atoms with Gasteiger partial charge in [0.15, 0.2) is 0 Å². The van der Waals surface area contributed by atoms with Gasteiger partial charge in [0.05, 0.1) is 22.1 Å². The lowest BCUT2D eigenvalue weighted by Crippen LogP contribution is -1.73. The molecular weight excluding hydrogens is 234 g/mol. The summed E-state index contributed by atoms with van der Waals surface area (Å²) in [5, 5.41) is -0.0310. The van der Waals surface area contributed by atoms with Crippen molar-refractivity contribution in [1.29, 1.82) is 0 Å². The van der Waals surface area contributed by atoms with E-state index in [0.29, 0.717) is 0 Å². The highest BCUT2D eigenvalue weighted by molar-refractivity contribution is 6.35. The van der Waals surface area contributed by atoms with Crippen LogP contribution < -0.4 is 0 Å². The number of isocyanates is 3. The second-order valence-corrected chi connectivity index (χ2v) is 2.79. The molecule has 0 heterocycles. The van der Waals surface area contributed by atoms with Crippen LogP contribution in [0.1, 0.15) is 0 Å². The molecule has 1 rings (SSSR count). The minimum atomic E-state index is -0.0310. The van der Waals surface area contributed by atoms with Crippen molar-refractivity contribution in [2.75, 3.05) is 0 Å². The van der Waals surface area contributed by atoms with E-state index in [1.165, 1.54) is 30.4 Å². The van der Waals surface area contributed by atoms with E-state index in [2.05, 4.69) is 15.0 Å². The maximum absolute atomic E-state index is 10.1. The molecule has 0 aliphatic rings. The summed E-state index contributed by atoms with van der Waals surface area (Å²) in [6, 6.07) is 2.50. The van der Waals surface area contributed by atoms with Crippen molar-refractivity contribution in [1.82, 2.24) is 0 Å². The summed E-state index contributed by atoms with van der Waals surface area (Å²) < 4.78 is 0. The van der Waals surface area contributed by atoms with Gasteiger partial charge in [-0.05, 0) is 12.1 Å². The van der Waals surface area contributed by atoms with Crippen LogP contribution in [0, 0.1) is 0 Å². The molecule has 0 radical (unpaired) electrons. The van der Waals surface area contributed by atoms with E-state index in [9.17, 15) is 14.4 Å². The molecule has 0 aliphatic heterocycles. The second-order valence-electron chi connectivity index (χ2n) is 2.41. The van der Waals surface area contributed by atoms with Gasteiger partial charge in [0, 0.05) is 0 Å². The Hall–Kier alpha value is -2.35. The number of nitrogens with zero attached hydrogens (tertiary/aromatic N) is 3. The van der Waals surface area contributed by atoms with Gasteiger partial charge in [-0.2, -0.15) is 15.0 Å². The fourth-order valence-corrected chi connectivity index (χ4v) is 1.15. The molecular formula is C9H2ClN3O3. The number of hydrogen-bond acceptors (Lipinski definition) is 6. The first-order valence-electron chi connectivity index (χ1n) is 3.80. The Bertz CT molecular complexity index is 526. The zero-order chi connectivity index (χ0) is 12.0. The van der Waals surface area contributed by atoms with Gasteiger partial charge in [0.2, 0.25) is 18.2 Å². The average molecular weight is 236 g/mol. The lowest BCUT2D eigenvalue weighted by atomic mass is 10.2. The Morgan fingerprint density at radius 1 is 0.875 bits per heavy atom. The first-order valence-corrected chi connectivity index (χ1v) is 4.18. The molecule has 0 spiro atoms. The van der Waals surface area contributed by atoms with Crippen LogP contribution in [0.25, 0.3) is 0 Å². The molecule has 0 saturated heterocycles. The smallest absolute Gasteiger partial charge is 0.211 e. The third-order valence-electron chi connectivity index (χ3n) is 1.53. The van der Waals surface area contributed by atoms with Crippen LogP contribution in [0.15, 0.2) is 27.1 Å². The van der Waals surface area contributed by atoms with Gasteiger partial charge in [0.1, 0.15) is 0 Å². The van der Waals surface area contributed by atoms with Crippen LogP contribution in [-0.4, -0.2) is 18.2 Å². The number of aliphatic imine (C=N–C) groups is 3. The fraction of sp³-hybridized carbons (Fsp3) is 0. The lowest BCUT2D eigenvalue weighted by Gasteiger charge is -2.00. The van der Waals surface area contributed by atoms with Gasteiger partial charge in [-0.25, -0.2) is 14.4 Å². The maximum Gasteiger partial charge on any atom is 0.240 e. The molecule has 0 saturated carbocycles. The van der Waals surface area contributed by atoms with Gasteiger partial charge in [-0.15, -0.1) is 0 Å². The third-order valence-corrected chi connectivity index (χ3v) is 1.91. The summed E-state index contributed by atoms with van der Waals surface area (Å²) >= 11 is 5.75. The van der Waals surface area contributed by atoms with Crippen molar-refractivity contribution in [2.45, 2.75) is 0 Å². The Balaban J connectivity index is 3.55. The molecule has 0 aliphatic carbocycles. The predicted octanol–water partition coefficient (Wildman–Crippen LogP) is 2.24. The molecule has 0 bridgehead atoms. The van der Waals surface area contributed by atoms with Gasteiger partial charge in [-0.3, -0.25) is 0 Å². The van der Waals surface area contributed by atoms with Crippen molar-refractivity contribution in [2.24, 2.45) is 15.0 Å². The molecule has 7 heteroatoms. The Labute approximate surface area is 94.0 Å². The van der Waals surface area contributed by atoms with Crippen LogP contribution in [-0.2, 0) is 14.4 Å². The number of rotatable bonds is 3. The van der Waals surface area contributed by atoms with Crippen molar-refractivity contribution in [3.8, 4) is 0 Å². The van der Waals surface area contributed by atoms with E-state index >= 15 is 0 Å². The van der Waals surface area contributed by atoms with E-state index in [0.717, 1.165) is 0 Å². The minimum Gasteiger partial charge on any atom is -0.211 e. The molecule has 0 fully saturated rings. The molecule has 0 unspecified atom stereocenters. The topological polar surface area (TPSA) is 88.3 Å². The highest BCUT2D eigenvalue weighted by Crippen LogP contribution is 2.38. The number of benzene rings is 1. The van der Waals surface area contributed by atoms with Crippen LogP contribution >= 0.6 is 11.6 Å². The zero-order valence-electron chi connectivity index (χ0n) is 7.60. The summed E-state index contributed by atoms with van der Waals surface area (Å²) in [5.41, 5.74) is 0.117. The molecule has 0 atom stereocenters. The Kier molecular flexibility index (Phi) is 4.04. The van der Waals surface area contributed by atoms with E-state index in [1.807, 2.05) is 0 Å². The largest absolute Gasteiger partial charge is 0.240 e. The SMILES string of the molecule is O=C=Nc1cc(N=C=O)c(Cl)c(N=C=O)c1. The first-order chi connectivity index (χ1) is 7.72. The number of carbonyl (C=O) groups excluding carboxylic acids is 3. The van der Waals surface area contributed by atoms with Gasteiger partial charge >= 0.3 is 0 Å².